The van der Waals surface area contributed by atoms with Gasteiger partial charge in [0, 0.05) is 49.3 Å². The molecular formula is C22H25ClN6O2. The summed E-state index contributed by atoms with van der Waals surface area (Å²) in [5.74, 6) is 1.58. The molecule has 9 heteroatoms. The van der Waals surface area contributed by atoms with Gasteiger partial charge >= 0.3 is 0 Å². The molecule has 162 valence electrons. The van der Waals surface area contributed by atoms with Crippen LogP contribution in [0.2, 0.25) is 5.15 Å². The standard InChI is InChI=1S/C22H25ClN6O2/c23-20-13-21(27-14-26-20)28-15-1-3-17(4-2-15)31-19-12-16(29-7-9-30-10-8-29)11-18-22(19)25-6-5-24-18/h5-6,11-15,17H,1-4,7-10H2,(H,26,27,28)/t15-,17+. The predicted molar refractivity (Wildman–Crippen MR) is 120 cm³/mol. The summed E-state index contributed by atoms with van der Waals surface area (Å²) < 4.78 is 12.0. The van der Waals surface area contributed by atoms with E-state index < -0.39 is 0 Å². The van der Waals surface area contributed by atoms with Crippen molar-refractivity contribution in [1.82, 2.24) is 19.9 Å². The molecule has 1 aliphatic carbocycles. The number of ether oxygens (including phenoxy) is 2. The Morgan fingerprint density at radius 1 is 0.968 bits per heavy atom. The van der Waals surface area contributed by atoms with Gasteiger partial charge < -0.3 is 19.7 Å². The molecule has 5 rings (SSSR count). The van der Waals surface area contributed by atoms with Gasteiger partial charge in [-0.3, -0.25) is 4.98 Å². The van der Waals surface area contributed by atoms with Gasteiger partial charge in [-0.05, 0) is 31.7 Å². The number of aromatic nitrogens is 4. The maximum absolute atomic E-state index is 6.48. The largest absolute Gasteiger partial charge is 0.488 e. The van der Waals surface area contributed by atoms with Crippen LogP contribution in [0.15, 0.2) is 36.9 Å². The third kappa shape index (κ3) is 4.80. The van der Waals surface area contributed by atoms with Crippen molar-refractivity contribution in [2.24, 2.45) is 0 Å². The first kappa shape index (κ1) is 20.2. The highest BCUT2D eigenvalue weighted by Crippen LogP contribution is 2.33. The Balaban J connectivity index is 1.28. The zero-order chi connectivity index (χ0) is 21.0. The maximum Gasteiger partial charge on any atom is 0.149 e. The molecule has 1 aliphatic heterocycles. The van der Waals surface area contributed by atoms with Crippen molar-refractivity contribution in [3.8, 4) is 5.75 Å². The molecule has 8 nitrogen and oxygen atoms in total. The van der Waals surface area contributed by atoms with Gasteiger partial charge in [-0.1, -0.05) is 11.6 Å². The molecule has 0 atom stereocenters. The molecule has 1 saturated heterocycles. The number of anilines is 2. The summed E-state index contributed by atoms with van der Waals surface area (Å²) >= 11 is 5.96. The first-order valence-electron chi connectivity index (χ1n) is 10.7. The van der Waals surface area contributed by atoms with E-state index in [-0.39, 0.29) is 6.10 Å². The minimum atomic E-state index is 0.150. The van der Waals surface area contributed by atoms with E-state index in [1.807, 2.05) is 0 Å². The fourth-order valence-corrected chi connectivity index (χ4v) is 4.40. The van der Waals surface area contributed by atoms with Crippen molar-refractivity contribution in [3.05, 3.63) is 42.1 Å². The van der Waals surface area contributed by atoms with Crippen LogP contribution in [0, 0.1) is 0 Å². The number of nitrogens with one attached hydrogen (secondary N) is 1. The van der Waals surface area contributed by atoms with Crippen LogP contribution in [0.1, 0.15) is 25.7 Å². The highest BCUT2D eigenvalue weighted by molar-refractivity contribution is 6.29. The van der Waals surface area contributed by atoms with Gasteiger partial charge in [-0.25, -0.2) is 15.0 Å². The van der Waals surface area contributed by atoms with Crippen molar-refractivity contribution in [2.75, 3.05) is 36.5 Å². The molecule has 0 spiro atoms. The number of benzene rings is 1. The molecule has 0 bridgehead atoms. The Morgan fingerprint density at radius 2 is 1.77 bits per heavy atom. The highest BCUT2D eigenvalue weighted by atomic mass is 35.5. The summed E-state index contributed by atoms with van der Waals surface area (Å²) in [6, 6.07) is 6.30. The van der Waals surface area contributed by atoms with Gasteiger partial charge in [0.25, 0.3) is 0 Å². The SMILES string of the molecule is Clc1cc(N[C@H]2CC[C@@H](Oc3cc(N4CCOCC4)cc4nccnc34)CC2)ncn1. The second-order valence-electron chi connectivity index (χ2n) is 7.93. The van der Waals surface area contributed by atoms with Crippen LogP contribution in [-0.2, 0) is 4.74 Å². The van der Waals surface area contributed by atoms with Crippen molar-refractivity contribution < 1.29 is 9.47 Å². The van der Waals surface area contributed by atoms with Crippen LogP contribution in [0.4, 0.5) is 11.5 Å². The number of fused-ring (bicyclic) bond motifs is 1. The van der Waals surface area contributed by atoms with Crippen molar-refractivity contribution in [2.45, 2.75) is 37.8 Å². The molecule has 3 heterocycles. The molecular weight excluding hydrogens is 416 g/mol. The van der Waals surface area contributed by atoms with E-state index >= 15 is 0 Å². The summed E-state index contributed by atoms with van der Waals surface area (Å²) in [4.78, 5) is 19.6. The molecule has 2 aromatic heterocycles. The van der Waals surface area contributed by atoms with Crippen molar-refractivity contribution in [3.63, 3.8) is 0 Å². The number of halogens is 1. The summed E-state index contributed by atoms with van der Waals surface area (Å²) in [5.41, 5.74) is 2.79. The molecule has 0 unspecified atom stereocenters. The Hall–Kier alpha value is -2.71. The van der Waals surface area contributed by atoms with E-state index in [1.165, 1.54) is 6.33 Å². The third-order valence-corrected chi connectivity index (χ3v) is 6.06. The third-order valence-electron chi connectivity index (χ3n) is 5.85. The topological polar surface area (TPSA) is 85.3 Å². The predicted octanol–water partition coefficient (Wildman–Crippen LogP) is 3.71. The van der Waals surface area contributed by atoms with Crippen LogP contribution in [0.5, 0.6) is 5.75 Å². The van der Waals surface area contributed by atoms with E-state index in [2.05, 4.69) is 42.3 Å². The van der Waals surface area contributed by atoms with Gasteiger partial charge in [0.2, 0.25) is 0 Å². The maximum atomic E-state index is 6.48. The summed E-state index contributed by atoms with van der Waals surface area (Å²) in [6.07, 6.45) is 8.99. The fraction of sp³-hybridized carbons (Fsp3) is 0.455. The number of hydrogen-bond donors (Lipinski definition) is 1. The van der Waals surface area contributed by atoms with E-state index in [1.54, 1.807) is 18.5 Å². The van der Waals surface area contributed by atoms with Crippen molar-refractivity contribution >= 4 is 34.1 Å². The van der Waals surface area contributed by atoms with Crippen LogP contribution in [0.25, 0.3) is 11.0 Å². The minimum absolute atomic E-state index is 0.150. The fourth-order valence-electron chi connectivity index (χ4n) is 4.25. The Labute approximate surface area is 186 Å². The van der Waals surface area contributed by atoms with Gasteiger partial charge in [0.1, 0.15) is 28.6 Å². The number of morpholine rings is 1. The lowest BCUT2D eigenvalue weighted by atomic mass is 9.93. The van der Waals surface area contributed by atoms with Crippen LogP contribution in [0.3, 0.4) is 0 Å². The quantitative estimate of drug-likeness (QED) is 0.601. The first-order chi connectivity index (χ1) is 15.2. The molecule has 2 fully saturated rings. The lowest BCUT2D eigenvalue weighted by Gasteiger charge is -2.31. The number of hydrogen-bond acceptors (Lipinski definition) is 8. The monoisotopic (exact) mass is 440 g/mol. The Kier molecular flexibility index (Phi) is 5.99. The molecule has 1 saturated carbocycles. The summed E-state index contributed by atoms with van der Waals surface area (Å²) in [5, 5.41) is 3.90. The lowest BCUT2D eigenvalue weighted by molar-refractivity contribution is 0.122. The molecule has 3 aromatic rings. The summed E-state index contributed by atoms with van der Waals surface area (Å²) in [6.45, 7) is 3.22. The molecule has 1 N–H and O–H groups in total. The zero-order valence-corrected chi connectivity index (χ0v) is 18.0. The average Bonchev–Trinajstić information content (AvgIpc) is 2.81. The molecule has 2 aliphatic rings. The highest BCUT2D eigenvalue weighted by Gasteiger charge is 2.24. The minimum Gasteiger partial charge on any atom is -0.488 e. The smallest absolute Gasteiger partial charge is 0.149 e. The first-order valence-corrected chi connectivity index (χ1v) is 11.1. The molecule has 0 radical (unpaired) electrons. The molecule has 1 aromatic carbocycles. The van der Waals surface area contributed by atoms with Crippen LogP contribution in [-0.4, -0.2) is 58.4 Å². The van der Waals surface area contributed by atoms with Gasteiger partial charge in [0.05, 0.1) is 24.8 Å². The lowest BCUT2D eigenvalue weighted by Crippen LogP contribution is -2.36. The van der Waals surface area contributed by atoms with E-state index in [0.717, 1.165) is 80.3 Å². The second kappa shape index (κ2) is 9.20. The molecule has 31 heavy (non-hydrogen) atoms. The second-order valence-corrected chi connectivity index (χ2v) is 8.32. The van der Waals surface area contributed by atoms with E-state index in [0.29, 0.717) is 11.2 Å². The van der Waals surface area contributed by atoms with E-state index in [9.17, 15) is 0 Å². The normalized spacial score (nSPS) is 21.8. The number of nitrogens with zero attached hydrogens (tertiary/aromatic N) is 5. The zero-order valence-electron chi connectivity index (χ0n) is 17.2. The van der Waals surface area contributed by atoms with Gasteiger partial charge in [-0.15, -0.1) is 0 Å². The Bertz CT molecular complexity index is 1040. The van der Waals surface area contributed by atoms with Crippen molar-refractivity contribution in [1.29, 1.82) is 0 Å². The van der Waals surface area contributed by atoms with Crippen LogP contribution < -0.4 is 15.0 Å². The van der Waals surface area contributed by atoms with Gasteiger partial charge in [0.15, 0.2) is 0 Å². The van der Waals surface area contributed by atoms with E-state index in [4.69, 9.17) is 21.1 Å². The number of rotatable bonds is 5. The van der Waals surface area contributed by atoms with Crippen LogP contribution >= 0.6 is 11.6 Å². The summed E-state index contributed by atoms with van der Waals surface area (Å²) in [7, 11) is 0. The Morgan fingerprint density at radius 3 is 2.58 bits per heavy atom. The molecule has 0 amide bonds. The average molecular weight is 441 g/mol. The van der Waals surface area contributed by atoms with Gasteiger partial charge in [-0.2, -0.15) is 0 Å².